The van der Waals surface area contributed by atoms with Gasteiger partial charge in [-0.15, -0.1) is 10.2 Å². The SMILES string of the molecule is CC(C)c1nnc(CN2CCC(=Cc3ccccc3)CC2)o1. The first-order valence-electron chi connectivity index (χ1n) is 8.00. The van der Waals surface area contributed by atoms with Crippen molar-refractivity contribution >= 4 is 6.08 Å². The number of nitrogens with zero attached hydrogens (tertiary/aromatic N) is 3. The Balaban J connectivity index is 1.54. The van der Waals surface area contributed by atoms with Crippen LogP contribution >= 0.6 is 0 Å². The Morgan fingerprint density at radius 3 is 2.50 bits per heavy atom. The van der Waals surface area contributed by atoms with Crippen LogP contribution in [0, 0.1) is 0 Å². The summed E-state index contributed by atoms with van der Waals surface area (Å²) < 4.78 is 5.69. The highest BCUT2D eigenvalue weighted by molar-refractivity contribution is 5.52. The lowest BCUT2D eigenvalue weighted by atomic mass is 10.0. The second kappa shape index (κ2) is 6.88. The molecule has 4 nitrogen and oxygen atoms in total. The van der Waals surface area contributed by atoms with Crippen LogP contribution in [0.25, 0.3) is 6.08 Å². The largest absolute Gasteiger partial charge is 0.424 e. The van der Waals surface area contributed by atoms with E-state index in [1.165, 1.54) is 11.1 Å². The summed E-state index contributed by atoms with van der Waals surface area (Å²) in [6.07, 6.45) is 4.54. The van der Waals surface area contributed by atoms with E-state index in [-0.39, 0.29) is 0 Å². The quantitative estimate of drug-likeness (QED) is 0.859. The van der Waals surface area contributed by atoms with E-state index in [0.717, 1.165) is 44.3 Å². The molecule has 0 radical (unpaired) electrons. The van der Waals surface area contributed by atoms with E-state index in [9.17, 15) is 0 Å². The van der Waals surface area contributed by atoms with E-state index in [1.54, 1.807) is 0 Å². The van der Waals surface area contributed by atoms with Crippen molar-refractivity contribution in [3.05, 3.63) is 53.2 Å². The van der Waals surface area contributed by atoms with E-state index in [0.29, 0.717) is 5.92 Å². The monoisotopic (exact) mass is 297 g/mol. The molecule has 2 heterocycles. The van der Waals surface area contributed by atoms with E-state index in [1.807, 2.05) is 0 Å². The molecule has 4 heteroatoms. The molecule has 0 spiro atoms. The average Bonchev–Trinajstić information content (AvgIpc) is 2.99. The predicted molar refractivity (Wildman–Crippen MR) is 87.3 cm³/mol. The van der Waals surface area contributed by atoms with Crippen LogP contribution in [0.2, 0.25) is 0 Å². The van der Waals surface area contributed by atoms with Gasteiger partial charge in [0.15, 0.2) is 0 Å². The molecule has 0 amide bonds. The van der Waals surface area contributed by atoms with Crippen LogP contribution in [0.4, 0.5) is 0 Å². The van der Waals surface area contributed by atoms with Gasteiger partial charge in [-0.3, -0.25) is 4.90 Å². The number of benzene rings is 1. The highest BCUT2D eigenvalue weighted by atomic mass is 16.4. The third-order valence-electron chi connectivity index (χ3n) is 4.00. The number of rotatable bonds is 4. The molecule has 1 aromatic heterocycles. The number of piperidine rings is 1. The molecule has 1 aromatic carbocycles. The van der Waals surface area contributed by atoms with Gasteiger partial charge in [0.1, 0.15) is 0 Å². The molecule has 0 unspecified atom stereocenters. The van der Waals surface area contributed by atoms with Gasteiger partial charge >= 0.3 is 0 Å². The lowest BCUT2D eigenvalue weighted by Gasteiger charge is -2.27. The van der Waals surface area contributed by atoms with Gasteiger partial charge in [-0.25, -0.2) is 0 Å². The lowest BCUT2D eigenvalue weighted by molar-refractivity contribution is 0.222. The number of hydrogen-bond acceptors (Lipinski definition) is 4. The Morgan fingerprint density at radius 2 is 1.86 bits per heavy atom. The summed E-state index contributed by atoms with van der Waals surface area (Å²) in [7, 11) is 0. The van der Waals surface area contributed by atoms with Crippen molar-refractivity contribution in [2.24, 2.45) is 0 Å². The van der Waals surface area contributed by atoms with Crippen molar-refractivity contribution < 1.29 is 4.42 Å². The first kappa shape index (κ1) is 15.0. The molecule has 1 fully saturated rings. The fourth-order valence-corrected chi connectivity index (χ4v) is 2.68. The van der Waals surface area contributed by atoms with E-state index < -0.39 is 0 Å². The zero-order valence-electron chi connectivity index (χ0n) is 13.3. The van der Waals surface area contributed by atoms with Crippen molar-refractivity contribution in [1.82, 2.24) is 15.1 Å². The second-order valence-electron chi connectivity index (χ2n) is 6.18. The summed E-state index contributed by atoms with van der Waals surface area (Å²) in [6.45, 7) is 7.01. The first-order chi connectivity index (χ1) is 10.7. The van der Waals surface area contributed by atoms with Crippen LogP contribution in [0.5, 0.6) is 0 Å². The fourth-order valence-electron chi connectivity index (χ4n) is 2.68. The molecule has 116 valence electrons. The highest BCUT2D eigenvalue weighted by Gasteiger charge is 2.17. The maximum atomic E-state index is 5.69. The molecule has 0 N–H and O–H groups in total. The minimum atomic E-state index is 0.294. The van der Waals surface area contributed by atoms with Gasteiger partial charge in [0.2, 0.25) is 11.8 Å². The number of hydrogen-bond donors (Lipinski definition) is 0. The third-order valence-corrected chi connectivity index (χ3v) is 4.00. The molecule has 0 bridgehead atoms. The molecular weight excluding hydrogens is 274 g/mol. The summed E-state index contributed by atoms with van der Waals surface area (Å²) in [5.41, 5.74) is 2.82. The third kappa shape index (κ3) is 3.83. The average molecular weight is 297 g/mol. The van der Waals surface area contributed by atoms with Crippen LogP contribution in [0.15, 0.2) is 40.3 Å². The summed E-state index contributed by atoms with van der Waals surface area (Å²) >= 11 is 0. The van der Waals surface area contributed by atoms with E-state index in [2.05, 4.69) is 65.4 Å². The van der Waals surface area contributed by atoms with Crippen molar-refractivity contribution in [1.29, 1.82) is 0 Å². The second-order valence-corrected chi connectivity index (χ2v) is 6.18. The number of aromatic nitrogens is 2. The summed E-state index contributed by atoms with van der Waals surface area (Å²) in [5, 5.41) is 8.24. The van der Waals surface area contributed by atoms with Crippen LogP contribution in [0.1, 0.15) is 50.0 Å². The van der Waals surface area contributed by atoms with Crippen molar-refractivity contribution in [3.63, 3.8) is 0 Å². The Morgan fingerprint density at radius 1 is 1.14 bits per heavy atom. The molecule has 1 aliphatic rings. The van der Waals surface area contributed by atoms with Gasteiger partial charge in [-0.1, -0.05) is 55.8 Å². The van der Waals surface area contributed by atoms with Crippen LogP contribution in [-0.4, -0.2) is 28.2 Å². The minimum Gasteiger partial charge on any atom is -0.424 e. The van der Waals surface area contributed by atoms with Gasteiger partial charge in [0.25, 0.3) is 0 Å². The number of likely N-dealkylation sites (tertiary alicyclic amines) is 1. The van der Waals surface area contributed by atoms with Crippen molar-refractivity contribution in [2.75, 3.05) is 13.1 Å². The first-order valence-corrected chi connectivity index (χ1v) is 8.00. The van der Waals surface area contributed by atoms with Crippen LogP contribution < -0.4 is 0 Å². The Bertz CT molecular complexity index is 621. The molecular formula is C18H23N3O. The summed E-state index contributed by atoms with van der Waals surface area (Å²) in [5.74, 6) is 1.76. The highest BCUT2D eigenvalue weighted by Crippen LogP contribution is 2.21. The molecule has 0 aliphatic carbocycles. The predicted octanol–water partition coefficient (Wildman–Crippen LogP) is 3.87. The van der Waals surface area contributed by atoms with Crippen molar-refractivity contribution in [2.45, 2.75) is 39.2 Å². The summed E-state index contributed by atoms with van der Waals surface area (Å²) in [4.78, 5) is 2.39. The van der Waals surface area contributed by atoms with Gasteiger partial charge in [0, 0.05) is 19.0 Å². The standard InChI is InChI=1S/C18H23N3O/c1-14(2)18-20-19-17(22-18)13-21-10-8-16(9-11-21)12-15-6-4-3-5-7-15/h3-7,12,14H,8-11,13H2,1-2H3. The maximum Gasteiger partial charge on any atom is 0.230 e. The van der Waals surface area contributed by atoms with Gasteiger partial charge in [-0.05, 0) is 18.4 Å². The van der Waals surface area contributed by atoms with Gasteiger partial charge in [0.05, 0.1) is 6.54 Å². The molecule has 22 heavy (non-hydrogen) atoms. The van der Waals surface area contributed by atoms with E-state index >= 15 is 0 Å². The smallest absolute Gasteiger partial charge is 0.230 e. The normalized spacial score (nSPS) is 16.2. The maximum absolute atomic E-state index is 5.69. The molecule has 1 saturated heterocycles. The Kier molecular flexibility index (Phi) is 4.68. The fraction of sp³-hybridized carbons (Fsp3) is 0.444. The van der Waals surface area contributed by atoms with Gasteiger partial charge in [-0.2, -0.15) is 0 Å². The Labute approximate surface area is 131 Å². The van der Waals surface area contributed by atoms with Crippen molar-refractivity contribution in [3.8, 4) is 0 Å². The summed E-state index contributed by atoms with van der Waals surface area (Å²) in [6, 6.07) is 10.5. The molecule has 0 saturated carbocycles. The topological polar surface area (TPSA) is 42.2 Å². The molecule has 1 aliphatic heterocycles. The van der Waals surface area contributed by atoms with Gasteiger partial charge < -0.3 is 4.42 Å². The Hall–Kier alpha value is -1.94. The van der Waals surface area contributed by atoms with Crippen LogP contribution in [-0.2, 0) is 6.54 Å². The zero-order chi connectivity index (χ0) is 15.4. The molecule has 0 atom stereocenters. The lowest BCUT2D eigenvalue weighted by Crippen LogP contribution is -2.30. The van der Waals surface area contributed by atoms with Crippen LogP contribution in [0.3, 0.4) is 0 Å². The zero-order valence-corrected chi connectivity index (χ0v) is 13.3. The minimum absolute atomic E-state index is 0.294. The molecule has 2 aromatic rings. The van der Waals surface area contributed by atoms with E-state index in [4.69, 9.17) is 4.42 Å². The molecule has 3 rings (SSSR count).